The summed E-state index contributed by atoms with van der Waals surface area (Å²) >= 11 is 6.10. The molecule has 0 saturated heterocycles. The van der Waals surface area contributed by atoms with Crippen molar-refractivity contribution in [1.29, 1.82) is 0 Å². The Morgan fingerprint density at radius 1 is 0.972 bits per heavy atom. The number of rotatable bonds is 8. The zero-order valence-electron chi connectivity index (χ0n) is 20.9. The van der Waals surface area contributed by atoms with Gasteiger partial charge in [-0.15, -0.1) is 0 Å². The third kappa shape index (κ3) is 7.23. The monoisotopic (exact) mass is 517 g/mol. The number of aromatic nitrogens is 1. The second-order valence-corrected chi connectivity index (χ2v) is 10.1. The van der Waals surface area contributed by atoms with Gasteiger partial charge in [0.15, 0.2) is 5.69 Å². The molecule has 3 rings (SSSR count). The molecule has 3 aromatic rings. The minimum absolute atomic E-state index is 0.0109. The van der Waals surface area contributed by atoms with Crippen molar-refractivity contribution in [2.75, 3.05) is 18.4 Å². The van der Waals surface area contributed by atoms with Crippen molar-refractivity contribution in [3.05, 3.63) is 93.8 Å². The van der Waals surface area contributed by atoms with Crippen molar-refractivity contribution >= 4 is 23.2 Å². The van der Waals surface area contributed by atoms with E-state index in [0.717, 1.165) is 17.7 Å². The molecule has 0 spiro atoms. The van der Waals surface area contributed by atoms with E-state index in [1.807, 2.05) is 31.2 Å². The van der Waals surface area contributed by atoms with Crippen molar-refractivity contribution in [3.63, 3.8) is 0 Å². The molecule has 0 fully saturated rings. The highest BCUT2D eigenvalue weighted by Gasteiger charge is 2.30. The van der Waals surface area contributed by atoms with E-state index < -0.39 is 11.7 Å². The molecule has 0 bridgehead atoms. The molecule has 192 valence electrons. The average Bonchev–Trinajstić information content (AvgIpc) is 2.82. The Labute approximate surface area is 215 Å². The minimum atomic E-state index is -4.42. The van der Waals surface area contributed by atoms with Crippen molar-refractivity contribution in [2.45, 2.75) is 52.3 Å². The quantitative estimate of drug-likeness (QED) is 0.317. The third-order valence-corrected chi connectivity index (χ3v) is 6.05. The van der Waals surface area contributed by atoms with Gasteiger partial charge in [-0.2, -0.15) is 13.2 Å². The Morgan fingerprint density at radius 2 is 1.67 bits per heavy atom. The molecule has 0 aliphatic heterocycles. The number of benzene rings is 2. The average molecular weight is 518 g/mol. The first-order valence-electron chi connectivity index (χ1n) is 11.8. The van der Waals surface area contributed by atoms with Crippen LogP contribution in [0.25, 0.3) is 0 Å². The van der Waals surface area contributed by atoms with Gasteiger partial charge in [0.2, 0.25) is 0 Å². The number of hydrogen-bond acceptors (Lipinski definition) is 3. The molecule has 0 aliphatic carbocycles. The first-order valence-corrected chi connectivity index (χ1v) is 12.2. The van der Waals surface area contributed by atoms with Crippen molar-refractivity contribution in [2.24, 2.45) is 0 Å². The maximum absolute atomic E-state index is 13.7. The van der Waals surface area contributed by atoms with Gasteiger partial charge in [-0.25, -0.2) is 4.98 Å². The van der Waals surface area contributed by atoms with Crippen molar-refractivity contribution in [3.8, 4) is 0 Å². The summed E-state index contributed by atoms with van der Waals surface area (Å²) in [5, 5.41) is 3.32. The number of amides is 1. The SMILES string of the molecule is CCNc1ccc(Cl)nc1C(=O)N(CCc1cccc(C(F)(F)F)c1)Cc1ccc(C(C)(C)C)cc1. The van der Waals surface area contributed by atoms with Crippen LogP contribution in [0.3, 0.4) is 0 Å². The number of pyridine rings is 1. The summed E-state index contributed by atoms with van der Waals surface area (Å²) in [6, 6.07) is 16.5. The predicted molar refractivity (Wildman–Crippen MR) is 138 cm³/mol. The van der Waals surface area contributed by atoms with Gasteiger partial charge in [-0.05, 0) is 53.6 Å². The van der Waals surface area contributed by atoms with Crippen LogP contribution in [-0.4, -0.2) is 28.9 Å². The molecular formula is C28H31ClF3N3O. The number of anilines is 1. The smallest absolute Gasteiger partial charge is 0.383 e. The Morgan fingerprint density at radius 3 is 2.28 bits per heavy atom. The van der Waals surface area contributed by atoms with E-state index in [1.54, 1.807) is 23.1 Å². The number of nitrogens with zero attached hydrogens (tertiary/aromatic N) is 2. The van der Waals surface area contributed by atoms with Crippen LogP contribution >= 0.6 is 11.6 Å². The summed E-state index contributed by atoms with van der Waals surface area (Å²) in [5.74, 6) is -0.347. The van der Waals surface area contributed by atoms with Crippen LogP contribution in [0, 0.1) is 0 Å². The second kappa shape index (κ2) is 11.3. The van der Waals surface area contributed by atoms with Gasteiger partial charge < -0.3 is 10.2 Å². The van der Waals surface area contributed by atoms with Crippen LogP contribution < -0.4 is 5.32 Å². The Balaban J connectivity index is 1.91. The molecule has 0 radical (unpaired) electrons. The largest absolute Gasteiger partial charge is 0.416 e. The zero-order chi connectivity index (χ0) is 26.5. The predicted octanol–water partition coefficient (Wildman–Crippen LogP) is 7.37. The van der Waals surface area contributed by atoms with Crippen LogP contribution in [0.4, 0.5) is 18.9 Å². The number of carbonyl (C=O) groups excluding carboxylic acids is 1. The van der Waals surface area contributed by atoms with Gasteiger partial charge in [0, 0.05) is 19.6 Å². The molecule has 1 heterocycles. The summed E-state index contributed by atoms with van der Waals surface area (Å²) in [5.41, 5.74) is 2.59. The topological polar surface area (TPSA) is 45.2 Å². The normalized spacial score (nSPS) is 11.9. The highest BCUT2D eigenvalue weighted by Crippen LogP contribution is 2.30. The van der Waals surface area contributed by atoms with E-state index >= 15 is 0 Å². The molecule has 1 N–H and O–H groups in total. The fourth-order valence-electron chi connectivity index (χ4n) is 3.83. The fraction of sp³-hybridized carbons (Fsp3) is 0.357. The van der Waals surface area contributed by atoms with Gasteiger partial charge in [0.1, 0.15) is 5.15 Å². The second-order valence-electron chi connectivity index (χ2n) is 9.68. The van der Waals surface area contributed by atoms with Gasteiger partial charge >= 0.3 is 6.18 Å². The highest BCUT2D eigenvalue weighted by atomic mass is 35.5. The summed E-state index contributed by atoms with van der Waals surface area (Å²) in [7, 11) is 0. The summed E-state index contributed by atoms with van der Waals surface area (Å²) in [6.07, 6.45) is -4.17. The Bertz CT molecular complexity index is 1190. The first kappa shape index (κ1) is 27.5. The third-order valence-electron chi connectivity index (χ3n) is 5.84. The van der Waals surface area contributed by atoms with Crippen molar-refractivity contribution in [1.82, 2.24) is 9.88 Å². The van der Waals surface area contributed by atoms with E-state index in [2.05, 4.69) is 31.1 Å². The van der Waals surface area contributed by atoms with E-state index in [1.165, 1.54) is 11.6 Å². The zero-order valence-corrected chi connectivity index (χ0v) is 21.7. The number of alkyl halides is 3. The lowest BCUT2D eigenvalue weighted by Crippen LogP contribution is -2.33. The molecule has 2 aromatic carbocycles. The van der Waals surface area contributed by atoms with E-state index in [-0.39, 0.29) is 41.7 Å². The van der Waals surface area contributed by atoms with Gasteiger partial charge in [0.25, 0.3) is 5.91 Å². The molecule has 0 saturated carbocycles. The van der Waals surface area contributed by atoms with E-state index in [4.69, 9.17) is 11.6 Å². The van der Waals surface area contributed by atoms with E-state index in [9.17, 15) is 18.0 Å². The van der Waals surface area contributed by atoms with Crippen LogP contribution in [0.15, 0.2) is 60.7 Å². The lowest BCUT2D eigenvalue weighted by molar-refractivity contribution is -0.137. The fourth-order valence-corrected chi connectivity index (χ4v) is 3.98. The van der Waals surface area contributed by atoms with E-state index in [0.29, 0.717) is 17.8 Å². The maximum atomic E-state index is 13.7. The first-order chi connectivity index (χ1) is 16.9. The Hall–Kier alpha value is -3.06. The van der Waals surface area contributed by atoms with Crippen LogP contribution in [0.1, 0.15) is 60.4 Å². The molecule has 4 nitrogen and oxygen atoms in total. The molecule has 8 heteroatoms. The van der Waals surface area contributed by atoms with Gasteiger partial charge in [-0.1, -0.05) is 74.8 Å². The standard InChI is InChI=1S/C28H31ClF3N3O/c1-5-33-23-13-14-24(29)34-25(23)26(36)35(18-20-9-11-21(12-10-20)27(2,3)4)16-15-19-7-6-8-22(17-19)28(30,31)32/h6-14,17,33H,5,15-16,18H2,1-4H3. The lowest BCUT2D eigenvalue weighted by Gasteiger charge is -2.25. The summed E-state index contributed by atoms with van der Waals surface area (Å²) in [6.45, 7) is 9.36. The minimum Gasteiger partial charge on any atom is -0.383 e. The highest BCUT2D eigenvalue weighted by molar-refractivity contribution is 6.29. The molecule has 1 aromatic heterocycles. The van der Waals surface area contributed by atoms with Gasteiger partial charge in [0.05, 0.1) is 11.3 Å². The summed E-state index contributed by atoms with van der Waals surface area (Å²) in [4.78, 5) is 19.5. The van der Waals surface area contributed by atoms with Gasteiger partial charge in [-0.3, -0.25) is 4.79 Å². The molecule has 36 heavy (non-hydrogen) atoms. The lowest BCUT2D eigenvalue weighted by atomic mass is 9.87. The molecule has 0 unspecified atom stereocenters. The van der Waals surface area contributed by atoms with Crippen LogP contribution in [-0.2, 0) is 24.6 Å². The number of hydrogen-bond donors (Lipinski definition) is 1. The number of halogens is 4. The Kier molecular flexibility index (Phi) is 8.67. The molecule has 1 amide bonds. The summed E-state index contributed by atoms with van der Waals surface area (Å²) < 4.78 is 39.5. The van der Waals surface area contributed by atoms with Crippen molar-refractivity contribution < 1.29 is 18.0 Å². The number of carbonyl (C=O) groups is 1. The van der Waals surface area contributed by atoms with Crippen LogP contribution in [0.2, 0.25) is 5.15 Å². The number of nitrogens with one attached hydrogen (secondary N) is 1. The molecule has 0 aliphatic rings. The molecule has 0 atom stereocenters. The maximum Gasteiger partial charge on any atom is 0.416 e. The molecular weight excluding hydrogens is 487 g/mol. The van der Waals surface area contributed by atoms with Crippen LogP contribution in [0.5, 0.6) is 0 Å².